The third kappa shape index (κ3) is 4.96. The molecule has 0 atom stereocenters. The van der Waals surface area contributed by atoms with E-state index >= 15 is 0 Å². The van der Waals surface area contributed by atoms with Gasteiger partial charge < -0.3 is 14.0 Å². The number of rotatable bonds is 8. The molecule has 0 aliphatic rings. The average Bonchev–Trinajstić information content (AvgIpc) is 3.22. The number of carbonyl (C=O) groups excluding carboxylic acids is 1. The van der Waals surface area contributed by atoms with Gasteiger partial charge in [-0.2, -0.15) is 4.98 Å². The van der Waals surface area contributed by atoms with Crippen molar-refractivity contribution in [2.75, 3.05) is 13.7 Å². The lowest BCUT2D eigenvalue weighted by Crippen LogP contribution is -2.24. The van der Waals surface area contributed by atoms with Crippen LogP contribution in [0.4, 0.5) is 0 Å². The number of carbonyl (C=O) groups is 1. The minimum Gasteiger partial charge on any atom is -0.494 e. The van der Waals surface area contributed by atoms with Crippen molar-refractivity contribution < 1.29 is 27.2 Å². The summed E-state index contributed by atoms with van der Waals surface area (Å²) in [5.41, 5.74) is 0.739. The number of methoxy groups -OCH3 is 1. The predicted molar refractivity (Wildman–Crippen MR) is 108 cm³/mol. The first-order valence-corrected chi connectivity index (χ1v) is 10.6. The van der Waals surface area contributed by atoms with Crippen LogP contribution in [0.2, 0.25) is 5.02 Å². The Morgan fingerprint density at radius 3 is 2.60 bits per heavy atom. The summed E-state index contributed by atoms with van der Waals surface area (Å²) in [4.78, 5) is 15.6. The second-order valence-electron chi connectivity index (χ2n) is 5.93. The van der Waals surface area contributed by atoms with Crippen molar-refractivity contribution in [3.05, 3.63) is 58.9 Å². The standard InChI is InChI=1S/C19H18ClN3O6S/c1-3-28-14-7-4-12(5-8-14)18-22-17(29-23-18)11-21-30(25,26)16-10-13(19(24)27-2)6-9-15(16)20/h4-10,21H,3,11H2,1-2H3. The minimum atomic E-state index is -4.05. The van der Waals surface area contributed by atoms with Crippen LogP contribution in [0, 0.1) is 0 Å². The number of benzene rings is 2. The Morgan fingerprint density at radius 2 is 1.93 bits per heavy atom. The average molecular weight is 452 g/mol. The van der Waals surface area contributed by atoms with Gasteiger partial charge in [0.1, 0.15) is 10.6 Å². The number of hydrogen-bond donors (Lipinski definition) is 1. The van der Waals surface area contributed by atoms with Crippen LogP contribution in [0.15, 0.2) is 51.9 Å². The highest BCUT2D eigenvalue weighted by Gasteiger charge is 2.21. The van der Waals surface area contributed by atoms with E-state index in [9.17, 15) is 13.2 Å². The fourth-order valence-electron chi connectivity index (χ4n) is 2.50. The number of nitrogens with zero attached hydrogens (tertiary/aromatic N) is 2. The molecule has 0 bridgehead atoms. The van der Waals surface area contributed by atoms with Crippen molar-refractivity contribution in [3.8, 4) is 17.1 Å². The third-order valence-corrected chi connectivity index (χ3v) is 5.83. The summed E-state index contributed by atoms with van der Waals surface area (Å²) in [5.74, 6) is 0.393. The summed E-state index contributed by atoms with van der Waals surface area (Å²) in [6, 6.07) is 10.9. The highest BCUT2D eigenvalue weighted by atomic mass is 35.5. The molecule has 0 spiro atoms. The van der Waals surface area contributed by atoms with Crippen LogP contribution < -0.4 is 9.46 Å². The van der Waals surface area contributed by atoms with Gasteiger partial charge in [0.15, 0.2) is 0 Å². The molecule has 30 heavy (non-hydrogen) atoms. The molecule has 3 rings (SSSR count). The summed E-state index contributed by atoms with van der Waals surface area (Å²) in [7, 11) is -2.86. The van der Waals surface area contributed by atoms with Crippen molar-refractivity contribution >= 4 is 27.6 Å². The van der Waals surface area contributed by atoms with Gasteiger partial charge in [-0.05, 0) is 49.4 Å². The molecule has 0 saturated heterocycles. The number of aromatic nitrogens is 2. The van der Waals surface area contributed by atoms with Crippen LogP contribution in [0.1, 0.15) is 23.2 Å². The van der Waals surface area contributed by atoms with Gasteiger partial charge in [0, 0.05) is 5.56 Å². The molecule has 1 heterocycles. The summed E-state index contributed by atoms with van der Waals surface area (Å²) < 4.78 is 42.6. The number of hydrogen-bond acceptors (Lipinski definition) is 8. The quantitative estimate of drug-likeness (QED) is 0.519. The highest BCUT2D eigenvalue weighted by molar-refractivity contribution is 7.89. The van der Waals surface area contributed by atoms with E-state index in [1.807, 2.05) is 6.92 Å². The summed E-state index contributed by atoms with van der Waals surface area (Å²) >= 11 is 6.00. The van der Waals surface area contributed by atoms with Gasteiger partial charge in [0.25, 0.3) is 0 Å². The Bertz CT molecular complexity index is 1150. The van der Waals surface area contributed by atoms with E-state index in [1.165, 1.54) is 19.2 Å². The van der Waals surface area contributed by atoms with Crippen LogP contribution in [0.25, 0.3) is 11.4 Å². The molecule has 0 aliphatic carbocycles. The molecule has 0 fully saturated rings. The van der Waals surface area contributed by atoms with Crippen LogP contribution in [-0.4, -0.2) is 38.2 Å². The fourth-order valence-corrected chi connectivity index (χ4v) is 4.00. The molecule has 0 radical (unpaired) electrons. The Hall–Kier alpha value is -2.95. The normalized spacial score (nSPS) is 11.3. The van der Waals surface area contributed by atoms with E-state index in [0.29, 0.717) is 23.7 Å². The highest BCUT2D eigenvalue weighted by Crippen LogP contribution is 2.24. The smallest absolute Gasteiger partial charge is 0.337 e. The van der Waals surface area contributed by atoms with Crippen molar-refractivity contribution in [2.24, 2.45) is 0 Å². The zero-order chi connectivity index (χ0) is 21.7. The van der Waals surface area contributed by atoms with Gasteiger partial charge >= 0.3 is 5.97 Å². The monoisotopic (exact) mass is 451 g/mol. The van der Waals surface area contributed by atoms with Gasteiger partial charge in [0.2, 0.25) is 21.7 Å². The number of esters is 1. The molecule has 1 aromatic heterocycles. The second kappa shape index (κ2) is 9.24. The third-order valence-electron chi connectivity index (χ3n) is 3.95. The molecule has 0 aliphatic heterocycles. The Kier molecular flexibility index (Phi) is 6.70. The minimum absolute atomic E-state index is 0.0456. The Balaban J connectivity index is 1.73. The van der Waals surface area contributed by atoms with E-state index in [1.54, 1.807) is 24.3 Å². The van der Waals surface area contributed by atoms with E-state index in [4.69, 9.17) is 20.9 Å². The number of halogens is 1. The first kappa shape index (κ1) is 21.8. The molecule has 0 unspecified atom stereocenters. The molecule has 0 saturated carbocycles. The summed E-state index contributed by atoms with van der Waals surface area (Å²) in [6.45, 7) is 2.18. The zero-order valence-corrected chi connectivity index (χ0v) is 17.7. The maximum Gasteiger partial charge on any atom is 0.337 e. The van der Waals surface area contributed by atoms with Gasteiger partial charge in [0.05, 0.1) is 30.8 Å². The van der Waals surface area contributed by atoms with Crippen LogP contribution >= 0.6 is 11.6 Å². The Labute approximate surface area is 178 Å². The maximum absolute atomic E-state index is 12.6. The van der Waals surface area contributed by atoms with Crippen LogP contribution in [0.5, 0.6) is 5.75 Å². The lowest BCUT2D eigenvalue weighted by Gasteiger charge is -2.08. The van der Waals surface area contributed by atoms with Crippen molar-refractivity contribution in [3.63, 3.8) is 0 Å². The van der Waals surface area contributed by atoms with Crippen molar-refractivity contribution in [1.82, 2.24) is 14.9 Å². The molecule has 9 nitrogen and oxygen atoms in total. The molecule has 0 amide bonds. The molecule has 158 valence electrons. The van der Waals surface area contributed by atoms with Gasteiger partial charge in [-0.15, -0.1) is 0 Å². The van der Waals surface area contributed by atoms with E-state index in [-0.39, 0.29) is 27.9 Å². The van der Waals surface area contributed by atoms with Gasteiger partial charge in [-0.3, -0.25) is 0 Å². The van der Waals surface area contributed by atoms with Crippen molar-refractivity contribution in [2.45, 2.75) is 18.4 Å². The number of sulfonamides is 1. The topological polar surface area (TPSA) is 121 Å². The first-order valence-electron chi connectivity index (χ1n) is 8.77. The first-order chi connectivity index (χ1) is 14.3. The predicted octanol–water partition coefficient (Wildman–Crippen LogP) is 3.05. The summed E-state index contributed by atoms with van der Waals surface area (Å²) in [6.07, 6.45) is 0. The SMILES string of the molecule is CCOc1ccc(-c2noc(CNS(=O)(=O)c3cc(C(=O)OC)ccc3Cl)n2)cc1. The fraction of sp³-hybridized carbons (Fsp3) is 0.211. The van der Waals surface area contributed by atoms with Crippen LogP contribution in [-0.2, 0) is 21.3 Å². The number of nitrogens with one attached hydrogen (secondary N) is 1. The molecular formula is C19H18ClN3O6S. The molecule has 11 heteroatoms. The zero-order valence-electron chi connectivity index (χ0n) is 16.1. The molecule has 1 N–H and O–H groups in total. The van der Waals surface area contributed by atoms with E-state index in [0.717, 1.165) is 6.07 Å². The molecular weight excluding hydrogens is 434 g/mol. The molecule has 2 aromatic carbocycles. The van der Waals surface area contributed by atoms with Crippen LogP contribution in [0.3, 0.4) is 0 Å². The summed E-state index contributed by atoms with van der Waals surface area (Å²) in [5, 5.41) is 3.81. The lowest BCUT2D eigenvalue weighted by atomic mass is 10.2. The van der Waals surface area contributed by atoms with E-state index < -0.39 is 16.0 Å². The maximum atomic E-state index is 12.6. The number of ether oxygens (including phenoxy) is 2. The van der Waals surface area contributed by atoms with Crippen molar-refractivity contribution in [1.29, 1.82) is 0 Å². The lowest BCUT2D eigenvalue weighted by molar-refractivity contribution is 0.0600. The largest absolute Gasteiger partial charge is 0.494 e. The Morgan fingerprint density at radius 1 is 1.20 bits per heavy atom. The van der Waals surface area contributed by atoms with Gasteiger partial charge in [-0.25, -0.2) is 17.9 Å². The molecule has 3 aromatic rings. The van der Waals surface area contributed by atoms with Gasteiger partial charge in [-0.1, -0.05) is 16.8 Å². The van der Waals surface area contributed by atoms with E-state index in [2.05, 4.69) is 19.6 Å². The second-order valence-corrected chi connectivity index (χ2v) is 8.07.